The Morgan fingerprint density at radius 2 is 1.79 bits per heavy atom. The highest BCUT2D eigenvalue weighted by Crippen LogP contribution is 2.20. The number of carbonyl (C=O) groups is 1. The molecule has 0 heterocycles. The van der Waals surface area contributed by atoms with E-state index in [1.807, 2.05) is 68.1 Å². The first-order valence-electron chi connectivity index (χ1n) is 8.03. The molecule has 0 aliphatic heterocycles. The number of benzene rings is 2. The molecule has 124 valence electrons. The summed E-state index contributed by atoms with van der Waals surface area (Å²) in [4.78, 5) is 12.1. The van der Waals surface area contributed by atoms with E-state index in [1.54, 1.807) is 0 Å². The lowest BCUT2D eigenvalue weighted by atomic mass is 10.1. The summed E-state index contributed by atoms with van der Waals surface area (Å²) in [5, 5.41) is 11.8. The minimum atomic E-state index is 0.0753. The van der Waals surface area contributed by atoms with Crippen LogP contribution < -0.4 is 5.32 Å². The van der Waals surface area contributed by atoms with Gasteiger partial charge < -0.3 is 5.32 Å². The zero-order valence-corrected chi connectivity index (χ0v) is 15.0. The van der Waals surface area contributed by atoms with Crippen molar-refractivity contribution in [1.29, 1.82) is 5.26 Å². The highest BCUT2D eigenvalue weighted by Gasteiger charge is 2.07. The van der Waals surface area contributed by atoms with Gasteiger partial charge in [-0.25, -0.2) is 0 Å². The molecule has 0 aliphatic carbocycles. The lowest BCUT2D eigenvalue weighted by Gasteiger charge is -2.11. The molecule has 3 nitrogen and oxygen atoms in total. The number of nitrogens with zero attached hydrogens (tertiary/aromatic N) is 1. The first kappa shape index (κ1) is 18.1. The Balaban J connectivity index is 1.68. The van der Waals surface area contributed by atoms with E-state index in [2.05, 4.69) is 11.4 Å². The molecule has 0 fully saturated rings. The Kier molecular flexibility index (Phi) is 6.89. The average molecular weight is 338 g/mol. The Morgan fingerprint density at radius 3 is 2.42 bits per heavy atom. The number of rotatable bonds is 7. The molecule has 4 heteroatoms. The maximum absolute atomic E-state index is 12.1. The number of nitrogens with one attached hydrogen (secondary N) is 1. The summed E-state index contributed by atoms with van der Waals surface area (Å²) in [5.74, 6) is 1.93. The lowest BCUT2D eigenvalue weighted by Crippen LogP contribution is -2.13. The zero-order chi connectivity index (χ0) is 17.4. The number of carbonyl (C=O) groups excluding carboxylic acids is 1. The van der Waals surface area contributed by atoms with Crippen molar-refractivity contribution in [1.82, 2.24) is 0 Å². The van der Waals surface area contributed by atoms with Crippen LogP contribution in [0.2, 0.25) is 0 Å². The molecule has 1 amide bonds. The lowest BCUT2D eigenvalue weighted by molar-refractivity contribution is -0.116. The minimum Gasteiger partial charge on any atom is -0.326 e. The molecule has 0 aliphatic rings. The highest BCUT2D eigenvalue weighted by atomic mass is 32.2. The van der Waals surface area contributed by atoms with Crippen LogP contribution in [0.1, 0.15) is 35.1 Å². The maximum Gasteiger partial charge on any atom is 0.224 e. The fourth-order valence-corrected chi connectivity index (χ4v) is 3.33. The average Bonchev–Trinajstić information content (AvgIpc) is 2.58. The molecular formula is C20H22N2OS. The summed E-state index contributed by atoms with van der Waals surface area (Å²) in [6, 6.07) is 15.8. The van der Waals surface area contributed by atoms with Gasteiger partial charge in [-0.1, -0.05) is 30.3 Å². The quantitative estimate of drug-likeness (QED) is 0.736. The highest BCUT2D eigenvalue weighted by molar-refractivity contribution is 7.98. The molecule has 0 spiro atoms. The van der Waals surface area contributed by atoms with Crippen LogP contribution in [0.4, 0.5) is 5.69 Å². The second-order valence-corrected chi connectivity index (χ2v) is 6.89. The van der Waals surface area contributed by atoms with E-state index in [0.29, 0.717) is 12.0 Å². The van der Waals surface area contributed by atoms with Crippen molar-refractivity contribution in [3.05, 3.63) is 64.7 Å². The molecule has 0 saturated carbocycles. The van der Waals surface area contributed by atoms with Crippen molar-refractivity contribution in [3.63, 3.8) is 0 Å². The van der Waals surface area contributed by atoms with E-state index in [0.717, 1.165) is 34.7 Å². The molecule has 0 radical (unpaired) electrons. The van der Waals surface area contributed by atoms with E-state index < -0.39 is 0 Å². The fraction of sp³-hybridized carbons (Fsp3) is 0.300. The van der Waals surface area contributed by atoms with Gasteiger partial charge in [-0.3, -0.25) is 4.79 Å². The molecule has 2 aromatic carbocycles. The number of para-hydroxylation sites is 1. The van der Waals surface area contributed by atoms with Crippen molar-refractivity contribution in [2.75, 3.05) is 11.1 Å². The maximum atomic E-state index is 12.1. The predicted molar refractivity (Wildman–Crippen MR) is 101 cm³/mol. The van der Waals surface area contributed by atoms with Crippen LogP contribution in [-0.4, -0.2) is 11.7 Å². The number of amides is 1. The Labute approximate surface area is 148 Å². The first-order valence-corrected chi connectivity index (χ1v) is 9.18. The third-order valence-corrected chi connectivity index (χ3v) is 4.90. The van der Waals surface area contributed by atoms with Crippen LogP contribution in [0.3, 0.4) is 0 Å². The van der Waals surface area contributed by atoms with Crippen LogP contribution in [-0.2, 0) is 10.5 Å². The van der Waals surface area contributed by atoms with Gasteiger partial charge in [0.1, 0.15) is 0 Å². The Bertz CT molecular complexity index is 712. The normalized spacial score (nSPS) is 10.2. The monoisotopic (exact) mass is 338 g/mol. The molecular weight excluding hydrogens is 316 g/mol. The van der Waals surface area contributed by atoms with Crippen LogP contribution in [0, 0.1) is 25.2 Å². The first-order chi connectivity index (χ1) is 11.6. The van der Waals surface area contributed by atoms with Gasteiger partial charge in [-0.2, -0.15) is 17.0 Å². The number of hydrogen-bond acceptors (Lipinski definition) is 3. The van der Waals surface area contributed by atoms with Crippen molar-refractivity contribution >= 4 is 23.4 Å². The van der Waals surface area contributed by atoms with Gasteiger partial charge in [0.15, 0.2) is 0 Å². The zero-order valence-electron chi connectivity index (χ0n) is 14.1. The molecule has 0 saturated heterocycles. The molecule has 0 aromatic heterocycles. The Morgan fingerprint density at radius 1 is 1.12 bits per heavy atom. The third-order valence-electron chi connectivity index (χ3n) is 3.79. The molecule has 2 aromatic rings. The summed E-state index contributed by atoms with van der Waals surface area (Å²) in [7, 11) is 0. The number of hydrogen-bond donors (Lipinski definition) is 1. The number of thioether (sulfide) groups is 1. The molecule has 0 atom stereocenters. The SMILES string of the molecule is Cc1cccc(C)c1NC(=O)CCCSCc1ccc(C#N)cc1. The van der Waals surface area contributed by atoms with Crippen molar-refractivity contribution < 1.29 is 4.79 Å². The molecule has 2 rings (SSSR count). The van der Waals surface area contributed by atoms with Crippen LogP contribution in [0.5, 0.6) is 0 Å². The largest absolute Gasteiger partial charge is 0.326 e. The van der Waals surface area contributed by atoms with Gasteiger partial charge in [0.25, 0.3) is 0 Å². The van der Waals surface area contributed by atoms with E-state index in [1.165, 1.54) is 5.56 Å². The molecule has 24 heavy (non-hydrogen) atoms. The van der Waals surface area contributed by atoms with Crippen LogP contribution in [0.15, 0.2) is 42.5 Å². The summed E-state index contributed by atoms with van der Waals surface area (Å²) >= 11 is 1.81. The molecule has 1 N–H and O–H groups in total. The van der Waals surface area contributed by atoms with Gasteiger partial charge >= 0.3 is 0 Å². The second-order valence-electron chi connectivity index (χ2n) is 5.78. The number of anilines is 1. The summed E-state index contributed by atoms with van der Waals surface area (Å²) in [6.07, 6.45) is 1.39. The standard InChI is InChI=1S/C20H22N2OS/c1-15-5-3-6-16(2)20(15)22-19(23)7-4-12-24-14-18-10-8-17(13-21)9-11-18/h3,5-6,8-11H,4,7,12,14H2,1-2H3,(H,22,23). The van der Waals surface area contributed by atoms with Gasteiger partial charge in [0, 0.05) is 17.9 Å². The summed E-state index contributed by atoms with van der Waals surface area (Å²) in [5.41, 5.74) is 5.02. The van der Waals surface area contributed by atoms with Gasteiger partial charge in [0.05, 0.1) is 11.6 Å². The van der Waals surface area contributed by atoms with Crippen molar-refractivity contribution in [2.24, 2.45) is 0 Å². The van der Waals surface area contributed by atoms with Crippen LogP contribution >= 0.6 is 11.8 Å². The van der Waals surface area contributed by atoms with Gasteiger partial charge in [-0.15, -0.1) is 0 Å². The molecule has 0 bridgehead atoms. The van der Waals surface area contributed by atoms with Crippen molar-refractivity contribution in [3.8, 4) is 6.07 Å². The smallest absolute Gasteiger partial charge is 0.224 e. The van der Waals surface area contributed by atoms with Gasteiger partial charge in [-0.05, 0) is 54.8 Å². The van der Waals surface area contributed by atoms with E-state index in [9.17, 15) is 4.79 Å². The third kappa shape index (κ3) is 5.43. The van der Waals surface area contributed by atoms with Gasteiger partial charge in [0.2, 0.25) is 5.91 Å². The number of nitriles is 1. The summed E-state index contributed by atoms with van der Waals surface area (Å²) < 4.78 is 0. The fourth-order valence-electron chi connectivity index (χ4n) is 2.41. The second kappa shape index (κ2) is 9.14. The predicted octanol–water partition coefficient (Wildman–Crippen LogP) is 4.83. The topological polar surface area (TPSA) is 52.9 Å². The van der Waals surface area contributed by atoms with E-state index >= 15 is 0 Å². The van der Waals surface area contributed by atoms with E-state index in [-0.39, 0.29) is 5.91 Å². The Hall–Kier alpha value is -2.25. The minimum absolute atomic E-state index is 0.0753. The van der Waals surface area contributed by atoms with E-state index in [4.69, 9.17) is 5.26 Å². The van der Waals surface area contributed by atoms with Crippen molar-refractivity contribution in [2.45, 2.75) is 32.4 Å². The van der Waals surface area contributed by atoms with Crippen LogP contribution in [0.25, 0.3) is 0 Å². The summed E-state index contributed by atoms with van der Waals surface area (Å²) in [6.45, 7) is 4.02. The number of aryl methyl sites for hydroxylation is 2. The molecule has 0 unspecified atom stereocenters.